The van der Waals surface area contributed by atoms with E-state index in [2.05, 4.69) is 64.9 Å². The Labute approximate surface area is 789 Å². The predicted octanol–water partition coefficient (Wildman–Crippen LogP) is 25.8. The number of hydrogen-bond acceptors (Lipinski definition) is 22. The molecule has 1 saturated heterocycles. The van der Waals surface area contributed by atoms with Crippen molar-refractivity contribution in [2.45, 2.75) is 83.9 Å². The summed E-state index contributed by atoms with van der Waals surface area (Å²) in [5.74, 6) is 3.30. The van der Waals surface area contributed by atoms with Gasteiger partial charge in [0.1, 0.15) is 48.6 Å². The van der Waals surface area contributed by atoms with Crippen molar-refractivity contribution < 1.29 is 141 Å². The van der Waals surface area contributed by atoms with E-state index in [9.17, 15) is 70.7 Å². The molecule has 1 saturated carbocycles. The number of halogens is 15. The molecule has 40 heteroatoms. The number of terminal acetylenes is 1. The first-order valence-electron chi connectivity index (χ1n) is 43.0. The van der Waals surface area contributed by atoms with Gasteiger partial charge in [0.25, 0.3) is 29.4 Å². The third-order valence-electron chi connectivity index (χ3n) is 22.1. The first-order chi connectivity index (χ1) is 67.5. The van der Waals surface area contributed by atoms with E-state index in [0.29, 0.717) is 155 Å². The van der Waals surface area contributed by atoms with Crippen LogP contribution in [0.1, 0.15) is 37.8 Å². The van der Waals surface area contributed by atoms with Crippen LogP contribution in [0.3, 0.4) is 0 Å². The molecule has 2 aliphatic heterocycles. The van der Waals surface area contributed by atoms with Crippen LogP contribution in [0.25, 0.3) is 110 Å². The van der Waals surface area contributed by atoms with Gasteiger partial charge in [-0.15, -0.1) is 78.2 Å². The van der Waals surface area contributed by atoms with Crippen LogP contribution in [0, 0.1) is 30.6 Å². The van der Waals surface area contributed by atoms with Gasteiger partial charge in [-0.3, -0.25) is 9.79 Å². The molecule has 20 rings (SSSR count). The van der Waals surface area contributed by atoms with E-state index in [0.717, 1.165) is 80.7 Å². The van der Waals surface area contributed by atoms with Crippen LogP contribution >= 0.6 is 0 Å². The van der Waals surface area contributed by atoms with E-state index in [-0.39, 0.29) is 46.0 Å². The maximum atomic E-state index is 12.3. The van der Waals surface area contributed by atoms with Crippen molar-refractivity contribution in [1.29, 1.82) is 0 Å². The molecule has 0 N–H and O–H groups in total. The number of carbonyl (C=O) groups is 1. The minimum absolute atomic E-state index is 0.0337. The second-order valence-electron chi connectivity index (χ2n) is 32.2. The van der Waals surface area contributed by atoms with Crippen LogP contribution in [0.4, 0.5) is 65.9 Å². The van der Waals surface area contributed by atoms with Crippen molar-refractivity contribution in [2.24, 2.45) is 16.3 Å². The van der Waals surface area contributed by atoms with Crippen molar-refractivity contribution in [1.82, 2.24) is 39.8 Å². The average Bonchev–Trinajstić information content (AvgIpc) is 1.70. The molecule has 2 fully saturated rings. The van der Waals surface area contributed by atoms with Gasteiger partial charge >= 0.3 is 31.8 Å². The Kier molecular flexibility index (Phi) is 29.2. The fraction of sp³-hybridized carbons (Fsp3) is 0.218. The minimum atomic E-state index is -4.73. The van der Waals surface area contributed by atoms with E-state index in [1.165, 1.54) is 72.8 Å². The van der Waals surface area contributed by atoms with Crippen LogP contribution in [0.5, 0.6) is 58.1 Å². The van der Waals surface area contributed by atoms with Crippen molar-refractivity contribution in [3.8, 4) is 126 Å². The van der Waals surface area contributed by atoms with Gasteiger partial charge in [-0.05, 0) is 247 Å². The molecule has 10 aromatic carbocycles. The predicted molar refractivity (Wildman–Crippen MR) is 484 cm³/mol. The summed E-state index contributed by atoms with van der Waals surface area (Å²) in [4.78, 5) is 17.5. The van der Waals surface area contributed by atoms with Gasteiger partial charge in [0.05, 0.1) is 58.9 Å². The lowest BCUT2D eigenvalue weighted by Gasteiger charge is -2.11. The van der Waals surface area contributed by atoms with Crippen LogP contribution in [0.2, 0.25) is 0 Å². The smallest absolute Gasteiger partial charge is 0.475 e. The minimum Gasteiger partial charge on any atom is -0.475 e. The third kappa shape index (κ3) is 26.7. The molecule has 0 radical (unpaired) electrons. The van der Waals surface area contributed by atoms with Crippen LogP contribution < -0.4 is 47.4 Å². The number of nitrogens with zero attached hydrogens (tertiary/aromatic N) is 9. The van der Waals surface area contributed by atoms with E-state index in [1.54, 1.807) is 133 Å². The molecule has 0 spiro atoms. The van der Waals surface area contributed by atoms with E-state index >= 15 is 0 Å². The Morgan fingerprint density at radius 1 is 0.404 bits per heavy atom. The molecule has 9 heterocycles. The maximum absolute atomic E-state index is 12.3. The molecular weight excluding hydrogens is 1880 g/mol. The first-order valence-corrected chi connectivity index (χ1v) is 43.0. The number of likely N-dealkylation sites (tertiary alicyclic amines) is 1. The normalized spacial score (nSPS) is 13.9. The molecule has 1 atom stereocenters. The van der Waals surface area contributed by atoms with Gasteiger partial charge in [0.15, 0.2) is 27.9 Å². The summed E-state index contributed by atoms with van der Waals surface area (Å²) in [5, 5.41) is 23.2. The van der Waals surface area contributed by atoms with Crippen LogP contribution in [-0.2, 0) is 17.9 Å². The Bertz CT molecular complexity index is 7240. The Morgan fingerprint density at radius 3 is 1.03 bits per heavy atom. The van der Waals surface area contributed by atoms with E-state index in [4.69, 9.17) is 52.7 Å². The zero-order valence-electron chi connectivity index (χ0n) is 74.0. The molecule has 17 aromatic rings. The Balaban J connectivity index is 0.000000127. The monoisotopic (exact) mass is 1960 g/mol. The standard InChI is InChI=1S/C21H17F3N2O3.C21H16F3NO3.C20H17F3N2O4.C20H15F3N2O3.C19H13F3N2O3/c1-14-3-2-10-26(14)11-12-27-20-18-13-16(6-9-19(18)29-25-20)15-4-7-17(8-5-15)28-21(22,23)24;1-2-9-20(10-11-20)13-26-19-17-12-15(5-8-18(17)28-25-19)14-3-6-16(7-4-14)27-21(22,23)24;1-25-10-12(8-18(25)26)11-27-19-16-9-14(4-7-17(16)29-24-19)13-2-5-15(6-3-13)28-20(21,22)23;21-20(22,23)27-16-6-3-14(4-7-16)15-5-8-18-17(13-15)19(24-28-18)26-12-11-25-9-1-2-10-25;20-19(21,22)26-15-6-3-12(4-7-15)13-5-8-17-16(10-13)18(24-27-17)25-11-14-2-1-9-23-14/h2-10,13H,11-12H2,1H3;1,3-8,12H,9-11,13H2;2-7,9,12H,8,10-11H2,1H3;1-10,13H,11-12H2;1,3-10H,2,11H2. The number of benzene rings is 10. The van der Waals surface area contributed by atoms with Crippen molar-refractivity contribution in [3.63, 3.8) is 0 Å². The maximum Gasteiger partial charge on any atom is 0.573 e. The number of fused-ring (bicyclic) bond motifs is 5. The second-order valence-corrected chi connectivity index (χ2v) is 32.2. The lowest BCUT2D eigenvalue weighted by atomic mass is 10.0. The summed E-state index contributed by atoms with van der Waals surface area (Å²) >= 11 is 0. The highest BCUT2D eigenvalue weighted by Crippen LogP contribution is 2.49. The van der Waals surface area contributed by atoms with E-state index < -0.39 is 31.8 Å². The molecule has 728 valence electrons. The number of amides is 1. The lowest BCUT2D eigenvalue weighted by molar-refractivity contribution is -0.275. The summed E-state index contributed by atoms with van der Waals surface area (Å²) in [7, 11) is 1.76. The fourth-order valence-electron chi connectivity index (χ4n) is 14.9. The van der Waals surface area contributed by atoms with Crippen molar-refractivity contribution in [2.75, 3.05) is 46.6 Å². The zero-order chi connectivity index (χ0) is 99.2. The number of aryl methyl sites for hydroxylation is 1. The highest BCUT2D eigenvalue weighted by atomic mass is 19.4. The molecule has 1 amide bonds. The molecule has 141 heavy (non-hydrogen) atoms. The van der Waals surface area contributed by atoms with E-state index in [1.807, 2.05) is 84.7 Å². The number of carbonyl (C=O) groups excluding carboxylic acids is 1. The largest absolute Gasteiger partial charge is 0.573 e. The molecule has 3 aliphatic rings. The molecule has 7 aromatic heterocycles. The highest BCUT2D eigenvalue weighted by molar-refractivity contribution is 5.93. The third-order valence-corrected chi connectivity index (χ3v) is 22.1. The number of hydrogen-bond donors (Lipinski definition) is 0. The lowest BCUT2D eigenvalue weighted by Crippen LogP contribution is -2.20. The van der Waals surface area contributed by atoms with Crippen molar-refractivity contribution in [3.05, 3.63) is 273 Å². The quantitative estimate of drug-likeness (QED) is 0.0326. The Morgan fingerprint density at radius 2 is 0.730 bits per heavy atom. The Hall–Kier alpha value is -16.5. The summed E-state index contributed by atoms with van der Waals surface area (Å²) in [5.41, 5.74) is 12.4. The first kappa shape index (κ1) is 97.6. The van der Waals surface area contributed by atoms with Gasteiger partial charge in [-0.2, -0.15) is 0 Å². The van der Waals surface area contributed by atoms with Crippen LogP contribution in [-0.4, -0.2) is 130 Å². The zero-order valence-corrected chi connectivity index (χ0v) is 74.0. The number of ether oxygens (including phenoxy) is 10. The molecule has 1 aliphatic carbocycles. The number of rotatable bonds is 28. The topological polar surface area (TPSA) is 265 Å². The number of allylic oxidation sites excluding steroid dienone is 1. The summed E-state index contributed by atoms with van der Waals surface area (Å²) in [6, 6.07) is 62.9. The van der Waals surface area contributed by atoms with Crippen molar-refractivity contribution >= 4 is 66.5 Å². The SMILES string of the molecule is C#CCC1(COc2noc3ccc(-c4ccc(OC(F)(F)F)cc4)cc23)CC1.CN1CC(COc2noc3ccc(-c4ccc(OC(F)(F)F)cc4)cc23)CC1=O.Cc1cccn1CCOc1noc2ccc(-c3ccc(OC(F)(F)F)cc3)cc12.FC(F)(F)Oc1ccc(-c2ccc3onc(OCC4=NC=CC4)c3c2)cc1.FC(F)(F)Oc1ccc(-c2ccc3onc(OCCn4cccc4)c3c2)cc1. The highest BCUT2D eigenvalue weighted by Gasteiger charge is 2.43. The van der Waals surface area contributed by atoms with Gasteiger partial charge in [0, 0.05) is 74.7 Å². The second kappa shape index (κ2) is 42.2. The summed E-state index contributed by atoms with van der Waals surface area (Å²) < 4.78 is 263. The average molecular weight is 1960 g/mol. The van der Waals surface area contributed by atoms with Crippen LogP contribution in [0.15, 0.2) is 295 Å². The summed E-state index contributed by atoms with van der Waals surface area (Å²) in [6.45, 7) is 5.96. The number of alkyl halides is 15. The van der Waals surface area contributed by atoms with Gasteiger partial charge in [-0.25, -0.2) is 0 Å². The summed E-state index contributed by atoms with van der Waals surface area (Å²) in [6.07, 6.45) is -4.75. The molecular formula is C101H78F15N9O16. The van der Waals surface area contributed by atoms with Gasteiger partial charge < -0.3 is 84.0 Å². The molecule has 25 nitrogen and oxygen atoms in total. The fourth-order valence-corrected chi connectivity index (χ4v) is 14.9. The number of aliphatic imine (C=N–C) groups is 1. The van der Waals surface area contributed by atoms with Gasteiger partial charge in [-0.1, -0.05) is 97.1 Å². The van der Waals surface area contributed by atoms with Gasteiger partial charge in [0.2, 0.25) is 5.91 Å². The molecule has 1 unspecified atom stereocenters. The molecule has 0 bridgehead atoms. The number of aromatic nitrogens is 7.